The SMILES string of the molecule is CCC(Oc1cc(C)cc(C)c1)c1nnc(N)s1. The fourth-order valence-corrected chi connectivity index (χ4v) is 2.57. The summed E-state index contributed by atoms with van der Waals surface area (Å²) in [4.78, 5) is 0. The highest BCUT2D eigenvalue weighted by atomic mass is 32.1. The van der Waals surface area contributed by atoms with Crippen molar-refractivity contribution in [2.24, 2.45) is 0 Å². The van der Waals surface area contributed by atoms with E-state index in [-0.39, 0.29) is 6.10 Å². The summed E-state index contributed by atoms with van der Waals surface area (Å²) in [5.74, 6) is 0.869. The van der Waals surface area contributed by atoms with Gasteiger partial charge in [-0.15, -0.1) is 10.2 Å². The van der Waals surface area contributed by atoms with Gasteiger partial charge in [0.15, 0.2) is 11.1 Å². The van der Waals surface area contributed by atoms with E-state index in [1.54, 1.807) is 0 Å². The van der Waals surface area contributed by atoms with Gasteiger partial charge in [-0.1, -0.05) is 24.3 Å². The van der Waals surface area contributed by atoms with Gasteiger partial charge < -0.3 is 10.5 Å². The van der Waals surface area contributed by atoms with Crippen molar-refractivity contribution in [2.75, 3.05) is 5.73 Å². The highest BCUT2D eigenvalue weighted by Crippen LogP contribution is 2.28. The van der Waals surface area contributed by atoms with Crippen LogP contribution in [0.3, 0.4) is 0 Å². The molecule has 2 rings (SSSR count). The normalized spacial score (nSPS) is 12.4. The van der Waals surface area contributed by atoms with Crippen molar-refractivity contribution in [3.8, 4) is 5.75 Å². The van der Waals surface area contributed by atoms with Crippen LogP contribution in [0, 0.1) is 13.8 Å². The van der Waals surface area contributed by atoms with E-state index >= 15 is 0 Å². The Morgan fingerprint density at radius 2 is 1.89 bits per heavy atom. The number of anilines is 1. The molecule has 1 aromatic heterocycles. The van der Waals surface area contributed by atoms with E-state index in [4.69, 9.17) is 10.5 Å². The molecule has 4 nitrogen and oxygen atoms in total. The minimum Gasteiger partial charge on any atom is -0.483 e. The number of nitrogens with two attached hydrogens (primary N) is 1. The van der Waals surface area contributed by atoms with Gasteiger partial charge in [0.1, 0.15) is 5.75 Å². The van der Waals surface area contributed by atoms with Crippen LogP contribution < -0.4 is 10.5 Å². The molecule has 2 N–H and O–H groups in total. The lowest BCUT2D eigenvalue weighted by atomic mass is 10.1. The molecule has 1 heterocycles. The number of hydrogen-bond acceptors (Lipinski definition) is 5. The molecule has 1 atom stereocenters. The first kappa shape index (κ1) is 12.8. The Bertz CT molecular complexity index is 519. The van der Waals surface area contributed by atoms with Crippen molar-refractivity contribution < 1.29 is 4.74 Å². The molecule has 0 spiro atoms. The lowest BCUT2D eigenvalue weighted by Crippen LogP contribution is -2.06. The zero-order chi connectivity index (χ0) is 13.1. The van der Waals surface area contributed by atoms with Gasteiger partial charge in [0.2, 0.25) is 5.13 Å². The third-order valence-corrected chi connectivity index (χ3v) is 3.42. The van der Waals surface area contributed by atoms with Crippen LogP contribution in [0.15, 0.2) is 18.2 Å². The molecule has 96 valence electrons. The second-order valence-corrected chi connectivity index (χ2v) is 5.36. The zero-order valence-corrected chi connectivity index (χ0v) is 11.6. The van der Waals surface area contributed by atoms with Gasteiger partial charge in [-0.25, -0.2) is 0 Å². The van der Waals surface area contributed by atoms with E-state index in [0.29, 0.717) is 5.13 Å². The van der Waals surface area contributed by atoms with E-state index in [0.717, 1.165) is 17.2 Å². The van der Waals surface area contributed by atoms with Crippen LogP contribution in [-0.4, -0.2) is 10.2 Å². The molecule has 5 heteroatoms. The maximum absolute atomic E-state index is 5.98. The smallest absolute Gasteiger partial charge is 0.203 e. The van der Waals surface area contributed by atoms with E-state index in [1.165, 1.54) is 22.5 Å². The Labute approximate surface area is 111 Å². The summed E-state index contributed by atoms with van der Waals surface area (Å²) in [6, 6.07) is 6.18. The van der Waals surface area contributed by atoms with Gasteiger partial charge in [-0.2, -0.15) is 0 Å². The van der Waals surface area contributed by atoms with E-state index in [9.17, 15) is 0 Å². The number of benzene rings is 1. The number of nitrogens with zero attached hydrogens (tertiary/aromatic N) is 2. The molecule has 0 aliphatic heterocycles. The molecule has 0 fully saturated rings. The minimum atomic E-state index is -0.0824. The fourth-order valence-electron chi connectivity index (χ4n) is 1.85. The van der Waals surface area contributed by atoms with Gasteiger partial charge in [0.05, 0.1) is 0 Å². The van der Waals surface area contributed by atoms with Crippen molar-refractivity contribution in [2.45, 2.75) is 33.3 Å². The molecule has 1 unspecified atom stereocenters. The highest BCUT2D eigenvalue weighted by Gasteiger charge is 2.16. The van der Waals surface area contributed by atoms with Crippen molar-refractivity contribution in [3.05, 3.63) is 34.3 Å². The van der Waals surface area contributed by atoms with Crippen LogP contribution in [-0.2, 0) is 0 Å². The van der Waals surface area contributed by atoms with Crippen LogP contribution in [0.2, 0.25) is 0 Å². The predicted molar refractivity (Wildman–Crippen MR) is 73.9 cm³/mol. The van der Waals surface area contributed by atoms with Crippen LogP contribution in [0.4, 0.5) is 5.13 Å². The molecule has 1 aromatic carbocycles. The number of aryl methyl sites for hydroxylation is 2. The molecule has 0 saturated carbocycles. The Hall–Kier alpha value is -1.62. The standard InChI is InChI=1S/C13H17N3OS/c1-4-11(12-15-16-13(14)18-12)17-10-6-8(2)5-9(3)7-10/h5-7,11H,4H2,1-3H3,(H2,14,16). The third kappa shape index (κ3) is 2.98. The highest BCUT2D eigenvalue weighted by molar-refractivity contribution is 7.15. The number of hydrogen-bond donors (Lipinski definition) is 1. The van der Waals surface area contributed by atoms with Crippen LogP contribution >= 0.6 is 11.3 Å². The fraction of sp³-hybridized carbons (Fsp3) is 0.385. The Balaban J connectivity index is 2.20. The molecule has 18 heavy (non-hydrogen) atoms. The Morgan fingerprint density at radius 1 is 1.22 bits per heavy atom. The average molecular weight is 263 g/mol. The van der Waals surface area contributed by atoms with Crippen molar-refractivity contribution >= 4 is 16.5 Å². The van der Waals surface area contributed by atoms with Gasteiger partial charge in [0.25, 0.3) is 0 Å². The monoisotopic (exact) mass is 263 g/mol. The van der Waals surface area contributed by atoms with Crippen LogP contribution in [0.1, 0.15) is 35.6 Å². The van der Waals surface area contributed by atoms with E-state index < -0.39 is 0 Å². The van der Waals surface area contributed by atoms with E-state index in [2.05, 4.69) is 37.0 Å². The maximum atomic E-state index is 5.98. The van der Waals surface area contributed by atoms with Gasteiger partial charge in [-0.05, 0) is 43.5 Å². The summed E-state index contributed by atoms with van der Waals surface area (Å²) in [6.45, 7) is 6.18. The molecule has 0 radical (unpaired) electrons. The lowest BCUT2D eigenvalue weighted by Gasteiger charge is -2.15. The Kier molecular flexibility index (Phi) is 3.81. The molecule has 0 aliphatic rings. The zero-order valence-electron chi connectivity index (χ0n) is 10.8. The summed E-state index contributed by atoms with van der Waals surface area (Å²) >= 11 is 1.38. The number of rotatable bonds is 4. The molecule has 2 aromatic rings. The number of aromatic nitrogens is 2. The first-order chi connectivity index (χ1) is 8.58. The molecule has 0 aliphatic carbocycles. The van der Waals surface area contributed by atoms with Crippen molar-refractivity contribution in [3.63, 3.8) is 0 Å². The predicted octanol–water partition coefficient (Wildman–Crippen LogP) is 3.27. The average Bonchev–Trinajstić information content (AvgIpc) is 2.71. The van der Waals surface area contributed by atoms with Gasteiger partial charge >= 0.3 is 0 Å². The quantitative estimate of drug-likeness (QED) is 0.919. The molecule has 0 amide bonds. The van der Waals surface area contributed by atoms with E-state index in [1.807, 2.05) is 12.1 Å². The van der Waals surface area contributed by atoms with Gasteiger partial charge in [-0.3, -0.25) is 0 Å². The molecular weight excluding hydrogens is 246 g/mol. The molecule has 0 saturated heterocycles. The summed E-state index contributed by atoms with van der Waals surface area (Å²) in [7, 11) is 0. The van der Waals surface area contributed by atoms with Gasteiger partial charge in [0, 0.05) is 0 Å². The van der Waals surface area contributed by atoms with Crippen LogP contribution in [0.25, 0.3) is 0 Å². The van der Waals surface area contributed by atoms with Crippen molar-refractivity contribution in [1.29, 1.82) is 0 Å². The molecular formula is C13H17N3OS. The number of ether oxygens (including phenoxy) is 1. The van der Waals surface area contributed by atoms with Crippen molar-refractivity contribution in [1.82, 2.24) is 10.2 Å². The van der Waals surface area contributed by atoms with Crippen LogP contribution in [0.5, 0.6) is 5.75 Å². The summed E-state index contributed by atoms with van der Waals surface area (Å²) < 4.78 is 5.98. The topological polar surface area (TPSA) is 61.0 Å². The lowest BCUT2D eigenvalue weighted by molar-refractivity contribution is 0.200. The summed E-state index contributed by atoms with van der Waals surface area (Å²) in [5, 5.41) is 9.18. The second kappa shape index (κ2) is 5.35. The largest absolute Gasteiger partial charge is 0.483 e. The minimum absolute atomic E-state index is 0.0824. The third-order valence-electron chi connectivity index (χ3n) is 2.58. The Morgan fingerprint density at radius 3 is 2.39 bits per heavy atom. The first-order valence-corrected chi connectivity index (χ1v) is 6.74. The first-order valence-electron chi connectivity index (χ1n) is 5.92. The second-order valence-electron chi connectivity index (χ2n) is 4.32. The molecule has 0 bridgehead atoms. The number of nitrogen functional groups attached to an aromatic ring is 1. The summed E-state index contributed by atoms with van der Waals surface area (Å²) in [5.41, 5.74) is 7.98. The maximum Gasteiger partial charge on any atom is 0.203 e. The summed E-state index contributed by atoms with van der Waals surface area (Å²) in [6.07, 6.45) is 0.753.